The highest BCUT2D eigenvalue weighted by Crippen LogP contribution is 2.29. The molecule has 0 radical (unpaired) electrons. The molecule has 3 aromatic rings. The van der Waals surface area contributed by atoms with E-state index in [2.05, 4.69) is 10.3 Å². The van der Waals surface area contributed by atoms with Crippen molar-refractivity contribution >= 4 is 39.1 Å². The molecule has 2 aromatic heterocycles. The van der Waals surface area contributed by atoms with E-state index >= 15 is 0 Å². The standard InChI is InChI=1S/C22H26N4O3S/c1-5-17-25-21-18(22(29)26(17)10-6-7-16(23)27)14(4)19(30-21)20(28)24-15-9-8-12(2)11-13(15)3/h8-9,11H,5-7,10H2,1-4H3,(H2,23,27)(H,24,28). The van der Waals surface area contributed by atoms with Gasteiger partial charge in [-0.05, 0) is 44.4 Å². The fourth-order valence-corrected chi connectivity index (χ4v) is 4.61. The van der Waals surface area contributed by atoms with Crippen LogP contribution in [0, 0.1) is 20.8 Å². The van der Waals surface area contributed by atoms with Gasteiger partial charge in [0, 0.05) is 25.1 Å². The van der Waals surface area contributed by atoms with Crippen molar-refractivity contribution in [3.63, 3.8) is 0 Å². The molecule has 2 amide bonds. The molecule has 0 bridgehead atoms. The third-order valence-corrected chi connectivity index (χ3v) is 6.27. The molecular formula is C22H26N4O3S. The lowest BCUT2D eigenvalue weighted by Crippen LogP contribution is -2.26. The molecule has 7 nitrogen and oxygen atoms in total. The number of primary amides is 1. The predicted octanol–water partition coefficient (Wildman–Crippen LogP) is 3.46. The second-order valence-electron chi connectivity index (χ2n) is 7.42. The van der Waals surface area contributed by atoms with Crippen LogP contribution in [0.5, 0.6) is 0 Å². The SMILES string of the molecule is CCc1nc2sc(C(=O)Nc3ccc(C)cc3C)c(C)c2c(=O)n1CCCC(N)=O. The molecule has 0 unspecified atom stereocenters. The first kappa shape index (κ1) is 21.7. The van der Waals surface area contributed by atoms with Crippen LogP contribution >= 0.6 is 11.3 Å². The highest BCUT2D eigenvalue weighted by molar-refractivity contribution is 7.20. The number of anilines is 1. The van der Waals surface area contributed by atoms with Crippen molar-refractivity contribution in [2.45, 2.75) is 53.5 Å². The van der Waals surface area contributed by atoms with Crippen LogP contribution in [0.1, 0.15) is 52.0 Å². The summed E-state index contributed by atoms with van der Waals surface area (Å²) >= 11 is 1.23. The van der Waals surface area contributed by atoms with Crippen LogP contribution in [-0.2, 0) is 17.8 Å². The van der Waals surface area contributed by atoms with Gasteiger partial charge in [-0.2, -0.15) is 0 Å². The number of thiophene rings is 1. The maximum Gasteiger partial charge on any atom is 0.266 e. The number of nitrogens with two attached hydrogens (primary N) is 1. The number of rotatable bonds is 7. The van der Waals surface area contributed by atoms with Crippen molar-refractivity contribution in [3.05, 3.63) is 55.9 Å². The summed E-state index contributed by atoms with van der Waals surface area (Å²) < 4.78 is 1.59. The summed E-state index contributed by atoms with van der Waals surface area (Å²) in [4.78, 5) is 42.8. The number of aryl methyl sites for hydroxylation is 4. The fraction of sp³-hybridized carbons (Fsp3) is 0.364. The van der Waals surface area contributed by atoms with E-state index in [0.29, 0.717) is 45.9 Å². The summed E-state index contributed by atoms with van der Waals surface area (Å²) in [6, 6.07) is 5.83. The van der Waals surface area contributed by atoms with E-state index in [4.69, 9.17) is 5.73 Å². The lowest BCUT2D eigenvalue weighted by atomic mass is 10.1. The van der Waals surface area contributed by atoms with E-state index in [-0.39, 0.29) is 17.9 Å². The normalized spacial score (nSPS) is 11.1. The summed E-state index contributed by atoms with van der Waals surface area (Å²) in [6.45, 7) is 8.01. The first-order chi connectivity index (χ1) is 14.2. The zero-order chi connectivity index (χ0) is 22.0. The summed E-state index contributed by atoms with van der Waals surface area (Å²) in [7, 11) is 0. The topological polar surface area (TPSA) is 107 Å². The van der Waals surface area contributed by atoms with Crippen LogP contribution in [0.4, 0.5) is 5.69 Å². The Balaban J connectivity index is 2.00. The first-order valence-electron chi connectivity index (χ1n) is 9.92. The molecule has 0 atom stereocenters. The Hall–Kier alpha value is -3.00. The summed E-state index contributed by atoms with van der Waals surface area (Å²) in [5, 5.41) is 3.41. The Bertz CT molecular complexity index is 1190. The van der Waals surface area contributed by atoms with Crippen molar-refractivity contribution in [3.8, 4) is 0 Å². The number of nitrogens with one attached hydrogen (secondary N) is 1. The maximum absolute atomic E-state index is 13.2. The highest BCUT2D eigenvalue weighted by atomic mass is 32.1. The largest absolute Gasteiger partial charge is 0.370 e. The van der Waals surface area contributed by atoms with Crippen LogP contribution in [0.3, 0.4) is 0 Å². The Morgan fingerprint density at radius 1 is 1.23 bits per heavy atom. The number of fused-ring (bicyclic) bond motifs is 1. The molecule has 3 rings (SSSR count). The zero-order valence-corrected chi connectivity index (χ0v) is 18.5. The van der Waals surface area contributed by atoms with E-state index in [9.17, 15) is 14.4 Å². The van der Waals surface area contributed by atoms with Crippen LogP contribution in [-0.4, -0.2) is 21.4 Å². The maximum atomic E-state index is 13.2. The van der Waals surface area contributed by atoms with Gasteiger partial charge in [-0.1, -0.05) is 24.6 Å². The lowest BCUT2D eigenvalue weighted by Gasteiger charge is -2.10. The van der Waals surface area contributed by atoms with E-state index in [1.54, 1.807) is 11.5 Å². The van der Waals surface area contributed by atoms with Crippen molar-refractivity contribution in [2.24, 2.45) is 5.73 Å². The number of benzene rings is 1. The summed E-state index contributed by atoms with van der Waals surface area (Å²) in [6.07, 6.45) is 1.25. The van der Waals surface area contributed by atoms with Crippen LogP contribution < -0.4 is 16.6 Å². The Morgan fingerprint density at radius 2 is 1.97 bits per heavy atom. The van der Waals surface area contributed by atoms with E-state index in [1.165, 1.54) is 11.3 Å². The third-order valence-electron chi connectivity index (χ3n) is 5.09. The highest BCUT2D eigenvalue weighted by Gasteiger charge is 2.21. The number of carbonyl (C=O) groups excluding carboxylic acids is 2. The van der Waals surface area contributed by atoms with Gasteiger partial charge in [0.15, 0.2) is 0 Å². The van der Waals surface area contributed by atoms with Gasteiger partial charge in [-0.25, -0.2) is 4.98 Å². The molecule has 0 aliphatic rings. The monoisotopic (exact) mass is 426 g/mol. The molecule has 0 saturated heterocycles. The van der Waals surface area contributed by atoms with Gasteiger partial charge >= 0.3 is 0 Å². The first-order valence-corrected chi connectivity index (χ1v) is 10.7. The van der Waals surface area contributed by atoms with Gasteiger partial charge in [0.2, 0.25) is 5.91 Å². The Kier molecular flexibility index (Phi) is 6.36. The van der Waals surface area contributed by atoms with E-state index in [0.717, 1.165) is 16.8 Å². The summed E-state index contributed by atoms with van der Waals surface area (Å²) in [5.41, 5.74) is 8.50. The number of hydrogen-bond acceptors (Lipinski definition) is 5. The average Bonchev–Trinajstić information content (AvgIpc) is 3.02. The second-order valence-corrected chi connectivity index (χ2v) is 8.42. The minimum atomic E-state index is -0.396. The van der Waals surface area contributed by atoms with Crippen LogP contribution in [0.15, 0.2) is 23.0 Å². The van der Waals surface area contributed by atoms with Crippen molar-refractivity contribution in [2.75, 3.05) is 5.32 Å². The van der Waals surface area contributed by atoms with Crippen molar-refractivity contribution < 1.29 is 9.59 Å². The van der Waals surface area contributed by atoms with Gasteiger partial charge < -0.3 is 11.1 Å². The minimum Gasteiger partial charge on any atom is -0.370 e. The van der Waals surface area contributed by atoms with Crippen LogP contribution in [0.25, 0.3) is 10.2 Å². The molecule has 3 N–H and O–H groups in total. The zero-order valence-electron chi connectivity index (χ0n) is 17.7. The Labute approximate surface area is 178 Å². The molecule has 0 aliphatic carbocycles. The van der Waals surface area contributed by atoms with Crippen molar-refractivity contribution in [1.29, 1.82) is 0 Å². The van der Waals surface area contributed by atoms with Gasteiger partial charge in [0.05, 0.1) is 10.3 Å². The van der Waals surface area contributed by atoms with E-state index in [1.807, 2.05) is 39.0 Å². The molecule has 158 valence electrons. The fourth-order valence-electron chi connectivity index (χ4n) is 3.52. The van der Waals surface area contributed by atoms with E-state index < -0.39 is 5.91 Å². The van der Waals surface area contributed by atoms with Gasteiger partial charge in [-0.15, -0.1) is 11.3 Å². The average molecular weight is 427 g/mol. The smallest absolute Gasteiger partial charge is 0.266 e. The molecule has 0 fully saturated rings. The van der Waals surface area contributed by atoms with Gasteiger partial charge in [-0.3, -0.25) is 19.0 Å². The molecule has 30 heavy (non-hydrogen) atoms. The number of nitrogens with zero attached hydrogens (tertiary/aromatic N) is 2. The molecule has 0 spiro atoms. The molecule has 1 aromatic carbocycles. The number of carbonyl (C=O) groups is 2. The van der Waals surface area contributed by atoms with Crippen molar-refractivity contribution in [1.82, 2.24) is 9.55 Å². The molecule has 2 heterocycles. The van der Waals surface area contributed by atoms with Gasteiger partial charge in [0.1, 0.15) is 10.7 Å². The van der Waals surface area contributed by atoms with Gasteiger partial charge in [0.25, 0.3) is 11.5 Å². The predicted molar refractivity (Wildman–Crippen MR) is 120 cm³/mol. The molecular weight excluding hydrogens is 400 g/mol. The third kappa shape index (κ3) is 4.28. The number of hydrogen-bond donors (Lipinski definition) is 2. The number of aromatic nitrogens is 2. The number of amides is 2. The molecule has 0 saturated carbocycles. The summed E-state index contributed by atoms with van der Waals surface area (Å²) in [5.74, 6) is -0.00746. The lowest BCUT2D eigenvalue weighted by molar-refractivity contribution is -0.118. The molecule has 0 aliphatic heterocycles. The molecule has 8 heteroatoms. The second kappa shape index (κ2) is 8.79. The minimum absolute atomic E-state index is 0.180. The van der Waals surface area contributed by atoms with Crippen LogP contribution in [0.2, 0.25) is 0 Å². The Morgan fingerprint density at radius 3 is 2.60 bits per heavy atom. The quantitative estimate of drug-likeness (QED) is 0.603.